The van der Waals surface area contributed by atoms with Crippen LogP contribution in [0, 0.1) is 11.3 Å². The van der Waals surface area contributed by atoms with E-state index in [0.29, 0.717) is 12.3 Å². The number of nitrogens with zero attached hydrogens (tertiary/aromatic N) is 1. The van der Waals surface area contributed by atoms with E-state index in [0.717, 1.165) is 13.1 Å². The molecule has 0 aliphatic rings. The van der Waals surface area contributed by atoms with Crippen LogP contribution in [0.1, 0.15) is 33.1 Å². The molecule has 0 heterocycles. The second-order valence-electron chi connectivity index (χ2n) is 4.74. The number of hydrogen-bond acceptors (Lipinski definition) is 2. The van der Waals surface area contributed by atoms with Gasteiger partial charge in [-0.1, -0.05) is 44.9 Å². The number of nitrogens with one attached hydrogen (secondary N) is 1. The first-order chi connectivity index (χ1) is 8.67. The summed E-state index contributed by atoms with van der Waals surface area (Å²) < 4.78 is 0. The Morgan fingerprint density at radius 3 is 2.33 bits per heavy atom. The van der Waals surface area contributed by atoms with Crippen molar-refractivity contribution in [1.82, 2.24) is 0 Å². The highest BCUT2D eigenvalue weighted by Gasteiger charge is 2.12. The van der Waals surface area contributed by atoms with Crippen LogP contribution in [0.4, 0.5) is 5.69 Å². The van der Waals surface area contributed by atoms with Gasteiger partial charge in [0.05, 0.1) is 5.84 Å². The number of amidine groups is 1. The van der Waals surface area contributed by atoms with Gasteiger partial charge < -0.3 is 10.6 Å². The molecule has 0 saturated carbocycles. The van der Waals surface area contributed by atoms with Crippen LogP contribution < -0.4 is 10.6 Å². The third-order valence-corrected chi connectivity index (χ3v) is 3.41. The molecular weight excluding hydrogens is 222 g/mol. The highest BCUT2D eigenvalue weighted by atomic mass is 15.1. The maximum Gasteiger partial charge on any atom is 0.0923 e. The Morgan fingerprint density at radius 1 is 1.22 bits per heavy atom. The fourth-order valence-electron chi connectivity index (χ4n) is 2.08. The van der Waals surface area contributed by atoms with Crippen molar-refractivity contribution < 1.29 is 0 Å². The summed E-state index contributed by atoms with van der Waals surface area (Å²) in [7, 11) is 0. The minimum Gasteiger partial charge on any atom is -0.388 e. The molecule has 18 heavy (non-hydrogen) atoms. The average molecular weight is 247 g/mol. The number of para-hydroxylation sites is 1. The highest BCUT2D eigenvalue weighted by Crippen LogP contribution is 2.18. The summed E-state index contributed by atoms with van der Waals surface area (Å²) >= 11 is 0. The van der Waals surface area contributed by atoms with Gasteiger partial charge in [-0.15, -0.1) is 0 Å². The van der Waals surface area contributed by atoms with Crippen LogP contribution in [0.3, 0.4) is 0 Å². The SMILES string of the molecule is CCC(CC)CN(CCC(=N)N)c1ccccc1. The van der Waals surface area contributed by atoms with E-state index in [9.17, 15) is 0 Å². The molecule has 3 nitrogen and oxygen atoms in total. The Kier molecular flexibility index (Phi) is 6.26. The molecule has 1 rings (SSSR count). The van der Waals surface area contributed by atoms with E-state index in [4.69, 9.17) is 11.1 Å². The molecule has 0 aromatic heterocycles. The quantitative estimate of drug-likeness (QED) is 0.547. The summed E-state index contributed by atoms with van der Waals surface area (Å²) in [6, 6.07) is 10.4. The molecule has 1 aromatic rings. The zero-order valence-electron chi connectivity index (χ0n) is 11.5. The lowest BCUT2D eigenvalue weighted by Crippen LogP contribution is -2.32. The summed E-state index contributed by atoms with van der Waals surface area (Å²) in [5.41, 5.74) is 6.70. The third kappa shape index (κ3) is 4.78. The maximum absolute atomic E-state index is 7.37. The molecule has 0 saturated heterocycles. The van der Waals surface area contributed by atoms with Gasteiger partial charge in [-0.05, 0) is 18.1 Å². The van der Waals surface area contributed by atoms with Crippen molar-refractivity contribution in [2.75, 3.05) is 18.0 Å². The highest BCUT2D eigenvalue weighted by molar-refractivity contribution is 5.77. The standard InChI is InChI=1S/C15H25N3/c1-3-13(4-2)12-18(11-10-15(16)17)14-8-6-5-7-9-14/h5-9,13H,3-4,10-12H2,1-2H3,(H3,16,17). The van der Waals surface area contributed by atoms with Gasteiger partial charge in [0.2, 0.25) is 0 Å². The molecule has 0 atom stereocenters. The summed E-state index contributed by atoms with van der Waals surface area (Å²) in [4.78, 5) is 2.35. The van der Waals surface area contributed by atoms with E-state index in [1.54, 1.807) is 0 Å². The second-order valence-corrected chi connectivity index (χ2v) is 4.74. The van der Waals surface area contributed by atoms with E-state index >= 15 is 0 Å². The lowest BCUT2D eigenvalue weighted by Gasteiger charge is -2.28. The van der Waals surface area contributed by atoms with E-state index in [-0.39, 0.29) is 5.84 Å². The van der Waals surface area contributed by atoms with Crippen molar-refractivity contribution in [2.24, 2.45) is 11.7 Å². The molecule has 100 valence electrons. The molecule has 3 heteroatoms. The Bertz CT molecular complexity index is 344. The normalized spacial score (nSPS) is 10.6. The van der Waals surface area contributed by atoms with Crippen LogP contribution in [-0.4, -0.2) is 18.9 Å². The van der Waals surface area contributed by atoms with Gasteiger partial charge in [0.15, 0.2) is 0 Å². The molecule has 0 unspecified atom stereocenters. The van der Waals surface area contributed by atoms with Crippen molar-refractivity contribution in [3.8, 4) is 0 Å². The molecule has 0 aliphatic carbocycles. The number of rotatable bonds is 8. The molecule has 0 spiro atoms. The van der Waals surface area contributed by atoms with E-state index in [2.05, 4.69) is 43.0 Å². The van der Waals surface area contributed by atoms with Crippen LogP contribution in [0.5, 0.6) is 0 Å². The Morgan fingerprint density at radius 2 is 1.83 bits per heavy atom. The molecular formula is C15H25N3. The van der Waals surface area contributed by atoms with Crippen LogP contribution >= 0.6 is 0 Å². The van der Waals surface area contributed by atoms with Crippen molar-refractivity contribution in [3.63, 3.8) is 0 Å². The van der Waals surface area contributed by atoms with E-state index in [1.807, 2.05) is 6.07 Å². The first kappa shape index (κ1) is 14.6. The Labute approximate surface area is 111 Å². The van der Waals surface area contributed by atoms with E-state index in [1.165, 1.54) is 18.5 Å². The molecule has 0 amide bonds. The van der Waals surface area contributed by atoms with Crippen LogP contribution in [0.2, 0.25) is 0 Å². The van der Waals surface area contributed by atoms with Gasteiger partial charge in [0.1, 0.15) is 0 Å². The predicted octanol–water partition coefficient (Wildman–Crippen LogP) is 3.26. The summed E-state index contributed by atoms with van der Waals surface area (Å²) in [5, 5.41) is 7.37. The van der Waals surface area contributed by atoms with Crippen molar-refractivity contribution >= 4 is 11.5 Å². The monoisotopic (exact) mass is 247 g/mol. The Balaban J connectivity index is 2.71. The smallest absolute Gasteiger partial charge is 0.0923 e. The van der Waals surface area contributed by atoms with Crippen molar-refractivity contribution in [1.29, 1.82) is 5.41 Å². The van der Waals surface area contributed by atoms with Gasteiger partial charge in [-0.2, -0.15) is 0 Å². The van der Waals surface area contributed by atoms with Gasteiger partial charge >= 0.3 is 0 Å². The number of nitrogens with two attached hydrogens (primary N) is 1. The molecule has 0 fully saturated rings. The lowest BCUT2D eigenvalue weighted by molar-refractivity contribution is 0.484. The summed E-state index contributed by atoms with van der Waals surface area (Å²) in [5.74, 6) is 0.970. The van der Waals surface area contributed by atoms with Crippen molar-refractivity contribution in [3.05, 3.63) is 30.3 Å². The zero-order valence-corrected chi connectivity index (χ0v) is 11.5. The topological polar surface area (TPSA) is 53.1 Å². The largest absolute Gasteiger partial charge is 0.388 e. The molecule has 1 aromatic carbocycles. The van der Waals surface area contributed by atoms with Crippen LogP contribution in [-0.2, 0) is 0 Å². The predicted molar refractivity (Wildman–Crippen MR) is 79.3 cm³/mol. The van der Waals surface area contributed by atoms with Gasteiger partial charge in [0.25, 0.3) is 0 Å². The minimum absolute atomic E-state index is 0.264. The van der Waals surface area contributed by atoms with E-state index < -0.39 is 0 Å². The molecule has 0 aliphatic heterocycles. The van der Waals surface area contributed by atoms with Crippen molar-refractivity contribution in [2.45, 2.75) is 33.1 Å². The first-order valence-corrected chi connectivity index (χ1v) is 6.80. The zero-order chi connectivity index (χ0) is 13.4. The molecule has 0 radical (unpaired) electrons. The molecule has 3 N–H and O–H groups in total. The fourth-order valence-corrected chi connectivity index (χ4v) is 2.08. The first-order valence-electron chi connectivity index (χ1n) is 6.80. The number of hydrogen-bond donors (Lipinski definition) is 2. The molecule has 0 bridgehead atoms. The number of benzene rings is 1. The lowest BCUT2D eigenvalue weighted by atomic mass is 10.0. The Hall–Kier alpha value is -1.51. The summed E-state index contributed by atoms with van der Waals surface area (Å²) in [6.07, 6.45) is 3.02. The summed E-state index contributed by atoms with van der Waals surface area (Å²) in [6.45, 7) is 6.35. The number of anilines is 1. The maximum atomic E-state index is 7.37. The van der Waals surface area contributed by atoms with Crippen LogP contribution in [0.25, 0.3) is 0 Å². The van der Waals surface area contributed by atoms with Gasteiger partial charge in [0, 0.05) is 25.2 Å². The van der Waals surface area contributed by atoms with Gasteiger partial charge in [-0.3, -0.25) is 5.41 Å². The second kappa shape index (κ2) is 7.75. The minimum atomic E-state index is 0.264. The average Bonchev–Trinajstić information content (AvgIpc) is 2.40. The van der Waals surface area contributed by atoms with Crippen LogP contribution in [0.15, 0.2) is 30.3 Å². The van der Waals surface area contributed by atoms with Gasteiger partial charge in [-0.25, -0.2) is 0 Å². The fraction of sp³-hybridized carbons (Fsp3) is 0.533. The third-order valence-electron chi connectivity index (χ3n) is 3.41.